The van der Waals surface area contributed by atoms with Gasteiger partial charge in [0.15, 0.2) is 0 Å². The predicted molar refractivity (Wildman–Crippen MR) is 124 cm³/mol. The summed E-state index contributed by atoms with van der Waals surface area (Å²) in [5.41, 5.74) is 1.62. The van der Waals surface area contributed by atoms with Crippen molar-refractivity contribution >= 4 is 27.6 Å². The molecule has 1 atom stereocenters. The Hall–Kier alpha value is -2.91. The van der Waals surface area contributed by atoms with Gasteiger partial charge >= 0.3 is 6.03 Å². The lowest BCUT2D eigenvalue weighted by Crippen LogP contribution is -2.57. The lowest BCUT2D eigenvalue weighted by molar-refractivity contribution is -0.135. The van der Waals surface area contributed by atoms with Crippen molar-refractivity contribution in [3.63, 3.8) is 0 Å². The maximum Gasteiger partial charge on any atom is 0.319 e. The van der Waals surface area contributed by atoms with Gasteiger partial charge in [0.1, 0.15) is 6.04 Å². The Labute approximate surface area is 189 Å². The van der Waals surface area contributed by atoms with E-state index in [-0.39, 0.29) is 42.9 Å². The number of hydrogen-bond acceptors (Lipinski definition) is 4. The van der Waals surface area contributed by atoms with Gasteiger partial charge in [0.25, 0.3) is 0 Å². The summed E-state index contributed by atoms with van der Waals surface area (Å²) in [6.45, 7) is 6.60. The van der Waals surface area contributed by atoms with Gasteiger partial charge in [-0.2, -0.15) is 4.31 Å². The molecule has 1 heterocycles. The smallest absolute Gasteiger partial charge is 0.319 e. The molecule has 8 nitrogen and oxygen atoms in total. The van der Waals surface area contributed by atoms with Crippen molar-refractivity contribution in [3.8, 4) is 0 Å². The molecule has 3 amide bonds. The summed E-state index contributed by atoms with van der Waals surface area (Å²) in [5, 5.41) is 5.49. The molecule has 32 heavy (non-hydrogen) atoms. The predicted octanol–water partition coefficient (Wildman–Crippen LogP) is 2.67. The monoisotopic (exact) mass is 458 g/mol. The highest BCUT2D eigenvalue weighted by molar-refractivity contribution is 7.89. The molecule has 2 aromatic carbocycles. The number of benzene rings is 2. The molecule has 1 fully saturated rings. The number of anilines is 1. The molecule has 9 heteroatoms. The van der Waals surface area contributed by atoms with Crippen LogP contribution in [0.2, 0.25) is 0 Å². The Morgan fingerprint density at radius 3 is 2.06 bits per heavy atom. The molecule has 0 unspecified atom stereocenters. The maximum atomic E-state index is 13.1. The topological polar surface area (TPSA) is 98.8 Å². The van der Waals surface area contributed by atoms with E-state index in [1.54, 1.807) is 41.3 Å². The number of carbonyl (C=O) groups excluding carboxylic acids is 2. The number of para-hydroxylation sites is 1. The minimum absolute atomic E-state index is 0.127. The maximum absolute atomic E-state index is 13.1. The van der Waals surface area contributed by atoms with Crippen LogP contribution in [0.4, 0.5) is 10.5 Å². The number of sulfonamides is 1. The van der Waals surface area contributed by atoms with E-state index in [2.05, 4.69) is 10.6 Å². The third-order valence-corrected chi connectivity index (χ3v) is 7.37. The summed E-state index contributed by atoms with van der Waals surface area (Å²) in [6.07, 6.45) is 0. The zero-order valence-electron chi connectivity index (χ0n) is 18.6. The summed E-state index contributed by atoms with van der Waals surface area (Å²) < 4.78 is 27.2. The molecule has 172 valence electrons. The molecule has 0 radical (unpaired) electrons. The van der Waals surface area contributed by atoms with Crippen LogP contribution in [0.5, 0.6) is 0 Å². The summed E-state index contributed by atoms with van der Waals surface area (Å²) in [5.74, 6) is -0.339. The van der Waals surface area contributed by atoms with Crippen LogP contribution in [0.3, 0.4) is 0 Å². The van der Waals surface area contributed by atoms with Gasteiger partial charge < -0.3 is 15.5 Å². The SMILES string of the molecule is Cc1ccc(S(=O)(=O)N2CCN(C(=O)[C@@H](NC(=O)Nc3ccccc3)C(C)C)CC2)cc1. The molecular weight excluding hydrogens is 428 g/mol. The van der Waals surface area contributed by atoms with Crippen molar-refractivity contribution in [2.24, 2.45) is 5.92 Å². The molecule has 0 bridgehead atoms. The van der Waals surface area contributed by atoms with Gasteiger partial charge in [-0.05, 0) is 37.1 Å². The van der Waals surface area contributed by atoms with Crippen LogP contribution in [0.1, 0.15) is 19.4 Å². The van der Waals surface area contributed by atoms with Crippen LogP contribution in [0.25, 0.3) is 0 Å². The minimum atomic E-state index is -3.60. The number of nitrogens with one attached hydrogen (secondary N) is 2. The van der Waals surface area contributed by atoms with E-state index in [9.17, 15) is 18.0 Å². The molecule has 0 aromatic heterocycles. The second kappa shape index (κ2) is 10.1. The number of rotatable bonds is 6. The van der Waals surface area contributed by atoms with Crippen LogP contribution in [-0.2, 0) is 14.8 Å². The first-order valence-corrected chi connectivity index (χ1v) is 12.1. The number of nitrogens with zero attached hydrogens (tertiary/aromatic N) is 2. The molecule has 1 aliphatic rings. The van der Waals surface area contributed by atoms with Gasteiger partial charge in [-0.1, -0.05) is 49.7 Å². The van der Waals surface area contributed by atoms with Crippen LogP contribution < -0.4 is 10.6 Å². The fourth-order valence-corrected chi connectivity index (χ4v) is 4.97. The summed E-state index contributed by atoms with van der Waals surface area (Å²) in [6, 6.07) is 14.6. The number of aryl methyl sites for hydroxylation is 1. The van der Waals surface area contributed by atoms with Crippen LogP contribution in [-0.4, -0.2) is 61.8 Å². The van der Waals surface area contributed by atoms with E-state index in [0.29, 0.717) is 5.69 Å². The lowest BCUT2D eigenvalue weighted by atomic mass is 10.0. The Morgan fingerprint density at radius 2 is 1.50 bits per heavy atom. The van der Waals surface area contributed by atoms with Gasteiger partial charge in [0.2, 0.25) is 15.9 Å². The van der Waals surface area contributed by atoms with Crippen molar-refractivity contribution in [2.75, 3.05) is 31.5 Å². The van der Waals surface area contributed by atoms with E-state index < -0.39 is 22.1 Å². The third-order valence-electron chi connectivity index (χ3n) is 5.46. The second-order valence-electron chi connectivity index (χ2n) is 8.23. The Balaban J connectivity index is 1.60. The molecule has 1 aliphatic heterocycles. The Bertz CT molecular complexity index is 1030. The number of piperazine rings is 1. The normalized spacial score (nSPS) is 15.9. The van der Waals surface area contributed by atoms with E-state index >= 15 is 0 Å². The molecule has 0 spiro atoms. The largest absolute Gasteiger partial charge is 0.338 e. The first-order chi connectivity index (χ1) is 15.2. The quantitative estimate of drug-likeness (QED) is 0.695. The number of hydrogen-bond donors (Lipinski definition) is 2. The first kappa shape index (κ1) is 23.7. The zero-order chi connectivity index (χ0) is 23.3. The number of carbonyl (C=O) groups is 2. The lowest BCUT2D eigenvalue weighted by Gasteiger charge is -2.36. The van der Waals surface area contributed by atoms with Crippen molar-refractivity contribution < 1.29 is 18.0 Å². The minimum Gasteiger partial charge on any atom is -0.338 e. The highest BCUT2D eigenvalue weighted by atomic mass is 32.2. The molecule has 2 aromatic rings. The third kappa shape index (κ3) is 5.66. The van der Waals surface area contributed by atoms with E-state index in [4.69, 9.17) is 0 Å². The van der Waals surface area contributed by atoms with Crippen molar-refractivity contribution in [1.29, 1.82) is 0 Å². The summed E-state index contributed by atoms with van der Waals surface area (Å²) >= 11 is 0. The second-order valence-corrected chi connectivity index (χ2v) is 10.2. The van der Waals surface area contributed by atoms with Gasteiger partial charge in [-0.15, -0.1) is 0 Å². The fourth-order valence-electron chi connectivity index (χ4n) is 3.55. The van der Waals surface area contributed by atoms with Crippen LogP contribution in [0, 0.1) is 12.8 Å². The molecule has 2 N–H and O–H groups in total. The molecule has 0 saturated carbocycles. The van der Waals surface area contributed by atoms with E-state index in [1.165, 1.54) is 4.31 Å². The molecule has 0 aliphatic carbocycles. The van der Waals surface area contributed by atoms with Gasteiger partial charge in [0.05, 0.1) is 4.90 Å². The average Bonchev–Trinajstić information content (AvgIpc) is 2.78. The zero-order valence-corrected chi connectivity index (χ0v) is 19.4. The molecule has 3 rings (SSSR count). The van der Waals surface area contributed by atoms with Gasteiger partial charge in [-0.25, -0.2) is 13.2 Å². The Morgan fingerprint density at radius 1 is 0.906 bits per heavy atom. The average molecular weight is 459 g/mol. The van der Waals surface area contributed by atoms with Gasteiger partial charge in [-0.3, -0.25) is 4.79 Å². The Kier molecular flexibility index (Phi) is 7.52. The van der Waals surface area contributed by atoms with Gasteiger partial charge in [0, 0.05) is 31.9 Å². The van der Waals surface area contributed by atoms with Crippen LogP contribution in [0.15, 0.2) is 59.5 Å². The highest BCUT2D eigenvalue weighted by Gasteiger charge is 2.34. The van der Waals surface area contributed by atoms with Crippen LogP contribution >= 0.6 is 0 Å². The van der Waals surface area contributed by atoms with Crippen molar-refractivity contribution in [1.82, 2.24) is 14.5 Å². The van der Waals surface area contributed by atoms with E-state index in [1.807, 2.05) is 39.0 Å². The fraction of sp³-hybridized carbons (Fsp3) is 0.391. The van der Waals surface area contributed by atoms with Crippen molar-refractivity contribution in [3.05, 3.63) is 60.2 Å². The summed E-state index contributed by atoms with van der Waals surface area (Å²) in [7, 11) is -3.60. The molecule has 1 saturated heterocycles. The van der Waals surface area contributed by atoms with Crippen molar-refractivity contribution in [2.45, 2.75) is 31.7 Å². The van der Waals surface area contributed by atoms with E-state index in [0.717, 1.165) is 5.56 Å². The number of urea groups is 1. The first-order valence-electron chi connectivity index (χ1n) is 10.7. The number of amides is 3. The molecular formula is C23H30N4O4S. The standard InChI is InChI=1S/C23H30N4O4S/c1-17(2)21(25-23(29)24-19-7-5-4-6-8-19)22(28)26-13-15-27(16-14-26)32(30,31)20-11-9-18(3)10-12-20/h4-12,17,21H,13-16H2,1-3H3,(H2,24,25,29)/t21-/m0/s1. The highest BCUT2D eigenvalue weighted by Crippen LogP contribution is 2.19. The summed E-state index contributed by atoms with van der Waals surface area (Å²) in [4.78, 5) is 27.4.